The first-order valence-corrected chi connectivity index (χ1v) is 7.66. The van der Waals surface area contributed by atoms with Gasteiger partial charge in [0.25, 0.3) is 0 Å². The predicted octanol–water partition coefficient (Wildman–Crippen LogP) is 1.03. The molecular formula is C15H18N4O5. The van der Waals surface area contributed by atoms with Gasteiger partial charge in [0.2, 0.25) is 5.89 Å². The third-order valence-electron chi connectivity index (χ3n) is 4.09. The van der Waals surface area contributed by atoms with Gasteiger partial charge in [0.05, 0.1) is 6.54 Å². The van der Waals surface area contributed by atoms with E-state index in [4.69, 9.17) is 14.6 Å². The molecule has 2 aromatic rings. The lowest BCUT2D eigenvalue weighted by Gasteiger charge is -2.32. The number of nitrogens with zero attached hydrogens (tertiary/aromatic N) is 4. The molecule has 2 N–H and O–H groups in total. The smallest absolute Gasteiger partial charge is 0.357 e. The average molecular weight is 334 g/mol. The summed E-state index contributed by atoms with van der Waals surface area (Å²) < 4.78 is 6.72. The number of hydrogen-bond acceptors (Lipinski definition) is 6. The SMILES string of the molecule is O=C(O)Cn1nccc1[C@@H]1CCCN(Cc2nc(C(=O)O)co2)C1. The van der Waals surface area contributed by atoms with Crippen LogP contribution in [0, 0.1) is 0 Å². The Bertz CT molecular complexity index is 738. The summed E-state index contributed by atoms with van der Waals surface area (Å²) in [5, 5.41) is 21.9. The second kappa shape index (κ2) is 6.83. The summed E-state index contributed by atoms with van der Waals surface area (Å²) in [6, 6.07) is 1.85. The Morgan fingerprint density at radius 1 is 1.38 bits per heavy atom. The second-order valence-corrected chi connectivity index (χ2v) is 5.81. The monoisotopic (exact) mass is 334 g/mol. The molecule has 3 rings (SSSR count). The molecule has 0 spiro atoms. The van der Waals surface area contributed by atoms with Gasteiger partial charge in [-0.2, -0.15) is 5.10 Å². The van der Waals surface area contributed by atoms with Crippen LogP contribution < -0.4 is 0 Å². The van der Waals surface area contributed by atoms with Crippen LogP contribution in [0.4, 0.5) is 0 Å². The summed E-state index contributed by atoms with van der Waals surface area (Å²) in [6.07, 6.45) is 4.66. The molecule has 0 aromatic carbocycles. The van der Waals surface area contributed by atoms with Crippen LogP contribution in [0.1, 0.15) is 40.8 Å². The van der Waals surface area contributed by atoms with E-state index in [1.165, 1.54) is 4.68 Å². The van der Waals surface area contributed by atoms with Crippen LogP contribution in [0.5, 0.6) is 0 Å². The van der Waals surface area contributed by atoms with Crippen molar-refractivity contribution in [3.05, 3.63) is 35.8 Å². The van der Waals surface area contributed by atoms with E-state index in [0.29, 0.717) is 12.4 Å². The van der Waals surface area contributed by atoms with E-state index in [1.54, 1.807) is 6.20 Å². The number of oxazole rings is 1. The van der Waals surface area contributed by atoms with Gasteiger partial charge in [0.1, 0.15) is 12.8 Å². The Balaban J connectivity index is 1.67. The first-order chi connectivity index (χ1) is 11.5. The standard InChI is InChI=1S/C15H18N4O5/c20-14(21)8-19-12(3-4-16-19)10-2-1-5-18(6-10)7-13-17-11(9-24-13)15(22)23/h3-4,9-10H,1-2,5-8H2,(H,20,21)(H,22,23)/t10-/m1/s1. The number of hydrogen-bond donors (Lipinski definition) is 2. The second-order valence-electron chi connectivity index (χ2n) is 5.81. The van der Waals surface area contributed by atoms with Gasteiger partial charge in [-0.3, -0.25) is 14.4 Å². The predicted molar refractivity (Wildman–Crippen MR) is 80.6 cm³/mol. The highest BCUT2D eigenvalue weighted by Crippen LogP contribution is 2.27. The topological polar surface area (TPSA) is 122 Å². The zero-order chi connectivity index (χ0) is 17.1. The highest BCUT2D eigenvalue weighted by molar-refractivity contribution is 5.84. The summed E-state index contributed by atoms with van der Waals surface area (Å²) in [5.74, 6) is -1.49. The highest BCUT2D eigenvalue weighted by Gasteiger charge is 2.25. The van der Waals surface area contributed by atoms with Gasteiger partial charge in [-0.1, -0.05) is 0 Å². The number of aromatic nitrogens is 3. The Morgan fingerprint density at radius 3 is 2.92 bits per heavy atom. The lowest BCUT2D eigenvalue weighted by atomic mass is 9.94. The van der Waals surface area contributed by atoms with Gasteiger partial charge < -0.3 is 14.6 Å². The van der Waals surface area contributed by atoms with Crippen molar-refractivity contribution in [1.82, 2.24) is 19.7 Å². The summed E-state index contributed by atoms with van der Waals surface area (Å²) in [4.78, 5) is 27.8. The lowest BCUT2D eigenvalue weighted by molar-refractivity contribution is -0.137. The molecule has 1 fully saturated rings. The van der Waals surface area contributed by atoms with Crippen molar-refractivity contribution in [1.29, 1.82) is 0 Å². The van der Waals surface area contributed by atoms with Gasteiger partial charge in [-0.05, 0) is 25.5 Å². The maximum atomic E-state index is 10.9. The van der Waals surface area contributed by atoms with Crippen molar-refractivity contribution in [3.63, 3.8) is 0 Å². The Kier molecular flexibility index (Phi) is 4.61. The van der Waals surface area contributed by atoms with E-state index < -0.39 is 11.9 Å². The maximum Gasteiger partial charge on any atom is 0.357 e. The largest absolute Gasteiger partial charge is 0.480 e. The Labute approximate surface area is 137 Å². The lowest BCUT2D eigenvalue weighted by Crippen LogP contribution is -2.35. The molecule has 9 nitrogen and oxygen atoms in total. The number of carboxylic acids is 2. The van der Waals surface area contributed by atoms with Crippen LogP contribution in [0.15, 0.2) is 22.9 Å². The van der Waals surface area contributed by atoms with E-state index in [2.05, 4.69) is 15.0 Å². The summed E-state index contributed by atoms with van der Waals surface area (Å²) >= 11 is 0. The van der Waals surface area contributed by atoms with Crippen LogP contribution in [0.25, 0.3) is 0 Å². The molecule has 24 heavy (non-hydrogen) atoms. The molecule has 9 heteroatoms. The minimum absolute atomic E-state index is 0.0990. The van der Waals surface area contributed by atoms with Crippen LogP contribution in [0.3, 0.4) is 0 Å². The molecular weight excluding hydrogens is 316 g/mol. The number of likely N-dealkylation sites (tertiary alicyclic amines) is 1. The molecule has 0 saturated carbocycles. The van der Waals surface area contributed by atoms with Crippen molar-refractivity contribution in [2.24, 2.45) is 0 Å². The number of aliphatic carboxylic acids is 1. The van der Waals surface area contributed by atoms with Crippen LogP contribution >= 0.6 is 0 Å². The Morgan fingerprint density at radius 2 is 2.21 bits per heavy atom. The minimum atomic E-state index is -1.11. The zero-order valence-corrected chi connectivity index (χ0v) is 13.0. The fourth-order valence-electron chi connectivity index (χ4n) is 3.06. The molecule has 0 aliphatic carbocycles. The molecule has 2 aromatic heterocycles. The number of piperidine rings is 1. The highest BCUT2D eigenvalue weighted by atomic mass is 16.4. The van der Waals surface area contributed by atoms with E-state index in [-0.39, 0.29) is 18.2 Å². The van der Waals surface area contributed by atoms with Gasteiger partial charge in [0.15, 0.2) is 5.69 Å². The van der Waals surface area contributed by atoms with Crippen molar-refractivity contribution >= 4 is 11.9 Å². The summed E-state index contributed by atoms with van der Waals surface area (Å²) in [5.41, 5.74) is 0.804. The van der Waals surface area contributed by atoms with Crippen LogP contribution in [-0.2, 0) is 17.9 Å². The fraction of sp³-hybridized carbons (Fsp3) is 0.467. The van der Waals surface area contributed by atoms with E-state index in [9.17, 15) is 9.59 Å². The van der Waals surface area contributed by atoms with Crippen molar-refractivity contribution in [3.8, 4) is 0 Å². The van der Waals surface area contributed by atoms with Gasteiger partial charge in [-0.15, -0.1) is 0 Å². The average Bonchev–Trinajstić information content (AvgIpc) is 3.16. The first-order valence-electron chi connectivity index (χ1n) is 7.66. The van der Waals surface area contributed by atoms with Crippen molar-refractivity contribution < 1.29 is 24.2 Å². The number of carbonyl (C=O) groups is 2. The maximum absolute atomic E-state index is 10.9. The molecule has 0 bridgehead atoms. The number of aromatic carboxylic acids is 1. The fourth-order valence-corrected chi connectivity index (χ4v) is 3.06. The van der Waals surface area contributed by atoms with Crippen molar-refractivity contribution in [2.45, 2.75) is 31.8 Å². The molecule has 1 aliphatic heterocycles. The third kappa shape index (κ3) is 3.62. The first kappa shape index (κ1) is 16.2. The molecule has 1 saturated heterocycles. The van der Waals surface area contributed by atoms with Crippen molar-refractivity contribution in [2.75, 3.05) is 13.1 Å². The molecule has 128 valence electrons. The minimum Gasteiger partial charge on any atom is -0.480 e. The molecule has 0 amide bonds. The third-order valence-corrected chi connectivity index (χ3v) is 4.09. The number of rotatable bonds is 6. The van der Waals surface area contributed by atoms with E-state index in [1.807, 2.05) is 6.07 Å². The number of carboxylic acid groups (broad SMARTS) is 2. The van der Waals surface area contributed by atoms with Gasteiger partial charge >= 0.3 is 11.9 Å². The van der Waals surface area contributed by atoms with E-state index >= 15 is 0 Å². The molecule has 0 radical (unpaired) electrons. The normalized spacial score (nSPS) is 18.6. The molecule has 1 atom stereocenters. The molecule has 3 heterocycles. The molecule has 0 unspecified atom stereocenters. The van der Waals surface area contributed by atoms with Crippen LogP contribution in [0.2, 0.25) is 0 Å². The van der Waals surface area contributed by atoms with Gasteiger partial charge in [-0.25, -0.2) is 9.78 Å². The van der Waals surface area contributed by atoms with E-state index in [0.717, 1.165) is 37.9 Å². The Hall–Kier alpha value is -2.68. The summed E-state index contributed by atoms with van der Waals surface area (Å²) in [7, 11) is 0. The quantitative estimate of drug-likeness (QED) is 0.803. The summed E-state index contributed by atoms with van der Waals surface area (Å²) in [6.45, 7) is 1.85. The zero-order valence-electron chi connectivity index (χ0n) is 13.0. The molecule has 1 aliphatic rings. The van der Waals surface area contributed by atoms with Gasteiger partial charge in [0, 0.05) is 24.4 Å². The van der Waals surface area contributed by atoms with Crippen LogP contribution in [-0.4, -0.2) is 54.9 Å².